The van der Waals surface area contributed by atoms with Crippen LogP contribution in [0.15, 0.2) is 30.5 Å². The van der Waals surface area contributed by atoms with E-state index in [1.807, 2.05) is 19.2 Å². The van der Waals surface area contributed by atoms with Crippen molar-refractivity contribution < 1.29 is 23.0 Å². The number of aromatic nitrogens is 3. The Kier molecular flexibility index (Phi) is 5.38. The molecule has 190 valence electrons. The number of benzene rings is 1. The number of halogens is 3. The van der Waals surface area contributed by atoms with Crippen LogP contribution in [0.3, 0.4) is 0 Å². The number of anilines is 2. The zero-order valence-corrected chi connectivity index (χ0v) is 20.1. The average Bonchev–Trinajstić information content (AvgIpc) is 3.54. The largest absolute Gasteiger partial charge is 0.383 e. The lowest BCUT2D eigenvalue weighted by Gasteiger charge is -2.33. The molecule has 2 bridgehead atoms. The van der Waals surface area contributed by atoms with E-state index in [0.29, 0.717) is 17.0 Å². The number of hydrogen-bond acceptors (Lipinski definition) is 7. The lowest BCUT2D eigenvalue weighted by atomic mass is 9.96. The van der Waals surface area contributed by atoms with Crippen LogP contribution >= 0.6 is 0 Å². The van der Waals surface area contributed by atoms with Crippen LogP contribution in [-0.4, -0.2) is 51.2 Å². The van der Waals surface area contributed by atoms with Gasteiger partial charge in [-0.25, -0.2) is 4.39 Å². The van der Waals surface area contributed by atoms with E-state index >= 15 is 4.39 Å². The molecule has 4 heterocycles. The zero-order valence-electron chi connectivity index (χ0n) is 20.1. The molecule has 0 radical (unpaired) electrons. The van der Waals surface area contributed by atoms with Crippen LogP contribution in [0, 0.1) is 12.7 Å². The Morgan fingerprint density at radius 3 is 2.61 bits per heavy atom. The number of hydrogen-bond donors (Lipinski definition) is 2. The summed E-state index contributed by atoms with van der Waals surface area (Å²) in [6.45, 7) is 5.08. The molecular formula is C26H28F3N5O2. The molecule has 1 aromatic carbocycles. The van der Waals surface area contributed by atoms with E-state index in [4.69, 9.17) is 4.74 Å². The van der Waals surface area contributed by atoms with Gasteiger partial charge >= 0.3 is 5.92 Å². The van der Waals surface area contributed by atoms with Crippen LogP contribution < -0.4 is 10.2 Å². The van der Waals surface area contributed by atoms with E-state index in [0.717, 1.165) is 43.1 Å². The van der Waals surface area contributed by atoms with E-state index in [-0.39, 0.29) is 30.6 Å². The van der Waals surface area contributed by atoms with Gasteiger partial charge in [-0.1, -0.05) is 12.1 Å². The molecule has 2 N–H and O–H groups in total. The minimum atomic E-state index is -3.67. The summed E-state index contributed by atoms with van der Waals surface area (Å²) in [5, 5.41) is 22.4. The van der Waals surface area contributed by atoms with Crippen molar-refractivity contribution in [1.82, 2.24) is 15.2 Å². The number of morpholine rings is 1. The fourth-order valence-electron chi connectivity index (χ4n) is 5.35. The Morgan fingerprint density at radius 2 is 1.92 bits per heavy atom. The van der Waals surface area contributed by atoms with E-state index in [1.54, 1.807) is 6.92 Å². The van der Waals surface area contributed by atoms with Gasteiger partial charge in [0.15, 0.2) is 5.82 Å². The van der Waals surface area contributed by atoms with Crippen molar-refractivity contribution in [2.45, 2.75) is 69.3 Å². The van der Waals surface area contributed by atoms with Crippen molar-refractivity contribution >= 4 is 22.4 Å². The highest BCUT2D eigenvalue weighted by atomic mass is 19.3. The van der Waals surface area contributed by atoms with Crippen LogP contribution in [0.2, 0.25) is 0 Å². The van der Waals surface area contributed by atoms with E-state index in [1.165, 1.54) is 12.1 Å². The van der Waals surface area contributed by atoms with Gasteiger partial charge in [-0.05, 0) is 51.7 Å². The molecule has 2 unspecified atom stereocenters. The van der Waals surface area contributed by atoms with Gasteiger partial charge < -0.3 is 20.1 Å². The second-order valence-electron chi connectivity index (χ2n) is 10.3. The van der Waals surface area contributed by atoms with Crippen molar-refractivity contribution in [3.63, 3.8) is 0 Å². The van der Waals surface area contributed by atoms with Crippen molar-refractivity contribution in [1.29, 1.82) is 0 Å². The summed E-state index contributed by atoms with van der Waals surface area (Å²) in [5.41, 5.74) is -0.654. The molecule has 2 aromatic heterocycles. The van der Waals surface area contributed by atoms with Gasteiger partial charge in [-0.3, -0.25) is 4.98 Å². The Bertz CT molecular complexity index is 1320. The molecule has 2 saturated heterocycles. The molecule has 1 aliphatic carbocycles. The molecule has 3 aliphatic rings. The van der Waals surface area contributed by atoms with Crippen LogP contribution in [0.1, 0.15) is 55.5 Å². The van der Waals surface area contributed by atoms with Crippen LogP contribution in [-0.2, 0) is 10.7 Å². The number of aliphatic hydroxyl groups is 1. The molecule has 3 atom stereocenters. The molecular weight excluding hydrogens is 471 g/mol. The Balaban J connectivity index is 1.32. The quantitative estimate of drug-likeness (QED) is 0.512. The third kappa shape index (κ3) is 3.78. The lowest BCUT2D eigenvalue weighted by molar-refractivity contribution is -0.134. The third-order valence-corrected chi connectivity index (χ3v) is 7.67. The highest BCUT2D eigenvalue weighted by molar-refractivity contribution is 5.92. The third-order valence-electron chi connectivity index (χ3n) is 7.67. The second kappa shape index (κ2) is 8.27. The summed E-state index contributed by atoms with van der Waals surface area (Å²) in [6.07, 6.45) is 4.26. The summed E-state index contributed by atoms with van der Waals surface area (Å²) < 4.78 is 51.0. The number of pyridine rings is 1. The fourth-order valence-corrected chi connectivity index (χ4v) is 5.35. The Hall–Kier alpha value is -2.98. The van der Waals surface area contributed by atoms with Gasteiger partial charge in [0.05, 0.1) is 46.9 Å². The standard InChI is InChI=1S/C26H28F3N5O2/c1-14(19-4-3-5-21(22(19)27)26(28,29)25(35)8-9-25)31-24-20-10-16(11-30-23(20)15(2)32-33-24)34-12-17-6-7-18(13-34)36-17/h3-5,10-11,14,17-18,35H,6-9,12-13H2,1-2H3,(H,31,33)/t14-,17?,18?/m1/s1. The van der Waals surface area contributed by atoms with Crippen molar-refractivity contribution in [2.75, 3.05) is 23.3 Å². The van der Waals surface area contributed by atoms with Gasteiger partial charge in [0, 0.05) is 24.0 Å². The number of fused-ring (bicyclic) bond motifs is 3. The van der Waals surface area contributed by atoms with Crippen LogP contribution in [0.5, 0.6) is 0 Å². The van der Waals surface area contributed by atoms with Crippen molar-refractivity contribution in [2.24, 2.45) is 0 Å². The highest BCUT2D eigenvalue weighted by Gasteiger charge is 2.63. The number of nitrogens with one attached hydrogen (secondary N) is 1. The lowest BCUT2D eigenvalue weighted by Crippen LogP contribution is -2.42. The first-order chi connectivity index (χ1) is 17.2. The first-order valence-corrected chi connectivity index (χ1v) is 12.4. The summed E-state index contributed by atoms with van der Waals surface area (Å²) in [7, 11) is 0. The number of ether oxygens (including phenoxy) is 1. The minimum absolute atomic E-state index is 0.0532. The van der Waals surface area contributed by atoms with Gasteiger partial charge in [0.1, 0.15) is 11.4 Å². The smallest absolute Gasteiger partial charge is 0.304 e. The predicted octanol–water partition coefficient (Wildman–Crippen LogP) is 4.63. The summed E-state index contributed by atoms with van der Waals surface area (Å²) >= 11 is 0. The molecule has 0 spiro atoms. The monoisotopic (exact) mass is 499 g/mol. The van der Waals surface area contributed by atoms with Crippen molar-refractivity contribution in [3.8, 4) is 0 Å². The number of nitrogens with zero attached hydrogens (tertiary/aromatic N) is 4. The van der Waals surface area contributed by atoms with E-state index in [2.05, 4.69) is 25.4 Å². The molecule has 2 aliphatic heterocycles. The summed E-state index contributed by atoms with van der Waals surface area (Å²) in [6, 6.07) is 5.18. The first-order valence-electron chi connectivity index (χ1n) is 12.4. The molecule has 6 rings (SSSR count). The van der Waals surface area contributed by atoms with E-state index in [9.17, 15) is 13.9 Å². The maximum absolute atomic E-state index is 15.3. The first kappa shape index (κ1) is 23.4. The molecule has 10 heteroatoms. The van der Waals surface area contributed by atoms with E-state index < -0.39 is 28.9 Å². The molecule has 36 heavy (non-hydrogen) atoms. The topological polar surface area (TPSA) is 83.4 Å². The fraction of sp³-hybridized carbons (Fsp3) is 0.500. The maximum atomic E-state index is 15.3. The van der Waals surface area contributed by atoms with Gasteiger partial charge in [0.25, 0.3) is 0 Å². The Labute approximate surface area is 206 Å². The SMILES string of the molecule is Cc1nnc(N[C@H](C)c2cccc(C(F)(F)C3(O)CC3)c2F)c2cc(N3CC4CCC(C3)O4)cnc12. The molecule has 0 amide bonds. The Morgan fingerprint density at radius 1 is 1.19 bits per heavy atom. The van der Waals surface area contributed by atoms with Crippen LogP contribution in [0.25, 0.3) is 10.9 Å². The van der Waals surface area contributed by atoms with Crippen LogP contribution in [0.4, 0.5) is 24.7 Å². The molecule has 1 saturated carbocycles. The zero-order chi connectivity index (χ0) is 25.2. The highest BCUT2D eigenvalue weighted by Crippen LogP contribution is 2.54. The normalized spacial score (nSPS) is 23.7. The van der Waals surface area contributed by atoms with Gasteiger partial charge in [-0.2, -0.15) is 13.9 Å². The number of alkyl halides is 2. The number of rotatable bonds is 6. The summed E-state index contributed by atoms with van der Waals surface area (Å²) in [4.78, 5) is 6.90. The maximum Gasteiger partial charge on any atom is 0.304 e. The second-order valence-corrected chi connectivity index (χ2v) is 10.3. The van der Waals surface area contributed by atoms with Crippen molar-refractivity contribution in [3.05, 3.63) is 53.1 Å². The van der Waals surface area contributed by atoms with Gasteiger partial charge in [0.2, 0.25) is 0 Å². The van der Waals surface area contributed by atoms with Gasteiger partial charge in [-0.15, -0.1) is 5.10 Å². The predicted molar refractivity (Wildman–Crippen MR) is 129 cm³/mol. The molecule has 3 fully saturated rings. The summed E-state index contributed by atoms with van der Waals surface area (Å²) in [5.74, 6) is -4.31. The number of aryl methyl sites for hydroxylation is 1. The minimum Gasteiger partial charge on any atom is -0.383 e. The molecule has 7 nitrogen and oxygen atoms in total. The average molecular weight is 500 g/mol. The molecule has 3 aromatic rings.